The van der Waals surface area contributed by atoms with Crippen molar-refractivity contribution in [3.8, 4) is 0 Å². The van der Waals surface area contributed by atoms with E-state index < -0.39 is 0 Å². The molecule has 1 rings (SSSR count). The van der Waals surface area contributed by atoms with Gasteiger partial charge in [0.25, 0.3) is 5.91 Å². The first-order valence-corrected chi connectivity index (χ1v) is 5.90. The maximum atomic E-state index is 11.7. The number of amides is 1. The molecule has 1 aromatic rings. The Balaban J connectivity index is 2.55. The van der Waals surface area contributed by atoms with E-state index >= 15 is 0 Å². The average Bonchev–Trinajstić information content (AvgIpc) is 2.28. The fraction of sp³-hybridized carbons (Fsp3) is 0.429. The fourth-order valence-electron chi connectivity index (χ4n) is 1.43. The molecular formula is C14H19NO2. The van der Waals surface area contributed by atoms with Gasteiger partial charge in [0, 0.05) is 17.7 Å². The van der Waals surface area contributed by atoms with Gasteiger partial charge < -0.3 is 5.32 Å². The summed E-state index contributed by atoms with van der Waals surface area (Å²) in [5.74, 6) is 0.507. The second-order valence-electron chi connectivity index (χ2n) is 4.57. The fourth-order valence-corrected chi connectivity index (χ4v) is 1.43. The number of nitrogens with one attached hydrogen (secondary N) is 1. The third kappa shape index (κ3) is 4.39. The van der Waals surface area contributed by atoms with Gasteiger partial charge in [-0.15, -0.1) is 0 Å². The molecule has 0 heterocycles. The Morgan fingerprint density at radius 3 is 2.12 bits per heavy atom. The highest BCUT2D eigenvalue weighted by Gasteiger charge is 2.06. The zero-order valence-electron chi connectivity index (χ0n) is 10.6. The minimum absolute atomic E-state index is 0.0109. The molecule has 17 heavy (non-hydrogen) atoms. The minimum atomic E-state index is -0.0826. The van der Waals surface area contributed by atoms with E-state index in [4.69, 9.17) is 0 Å². The van der Waals surface area contributed by atoms with Crippen molar-refractivity contribution < 1.29 is 9.59 Å². The summed E-state index contributed by atoms with van der Waals surface area (Å²) in [6.45, 7) is 6.43. The van der Waals surface area contributed by atoms with E-state index in [1.807, 2.05) is 0 Å². The van der Waals surface area contributed by atoms with Crippen LogP contribution in [0.1, 0.15) is 47.9 Å². The topological polar surface area (TPSA) is 46.2 Å². The lowest BCUT2D eigenvalue weighted by molar-refractivity contribution is 0.0950. The Labute approximate surface area is 102 Å². The van der Waals surface area contributed by atoms with Crippen molar-refractivity contribution in [2.45, 2.75) is 27.2 Å². The second kappa shape index (κ2) is 6.18. The maximum absolute atomic E-state index is 11.7. The second-order valence-corrected chi connectivity index (χ2v) is 4.57. The molecular weight excluding hydrogens is 214 g/mol. The van der Waals surface area contributed by atoms with Gasteiger partial charge in [-0.3, -0.25) is 9.59 Å². The summed E-state index contributed by atoms with van der Waals surface area (Å²) < 4.78 is 0. The quantitative estimate of drug-likeness (QED) is 0.795. The lowest BCUT2D eigenvalue weighted by atomic mass is 10.1. The monoisotopic (exact) mass is 233 g/mol. The molecule has 0 bridgehead atoms. The van der Waals surface area contributed by atoms with Crippen LogP contribution >= 0.6 is 0 Å². The van der Waals surface area contributed by atoms with Crippen molar-refractivity contribution in [1.82, 2.24) is 5.32 Å². The van der Waals surface area contributed by atoms with Crippen molar-refractivity contribution in [2.24, 2.45) is 5.92 Å². The predicted molar refractivity (Wildman–Crippen MR) is 68.2 cm³/mol. The zero-order valence-corrected chi connectivity index (χ0v) is 10.6. The zero-order chi connectivity index (χ0) is 12.8. The van der Waals surface area contributed by atoms with Crippen LogP contribution in [0.3, 0.4) is 0 Å². The standard InChI is InChI=1S/C14H19NO2/c1-10(2)8-9-15-14(17)13-6-4-12(5-7-13)11(3)16/h4-7,10H,8-9H2,1-3H3,(H,15,17). The Hall–Kier alpha value is -1.64. The lowest BCUT2D eigenvalue weighted by Gasteiger charge is -2.07. The van der Waals surface area contributed by atoms with Gasteiger partial charge in [-0.05, 0) is 31.4 Å². The van der Waals surface area contributed by atoms with Gasteiger partial charge in [-0.2, -0.15) is 0 Å². The van der Waals surface area contributed by atoms with Crippen molar-refractivity contribution >= 4 is 11.7 Å². The molecule has 0 atom stereocenters. The molecule has 0 aromatic heterocycles. The largest absolute Gasteiger partial charge is 0.352 e. The van der Waals surface area contributed by atoms with Gasteiger partial charge in [0.2, 0.25) is 0 Å². The first kappa shape index (κ1) is 13.4. The number of rotatable bonds is 5. The van der Waals surface area contributed by atoms with Gasteiger partial charge >= 0.3 is 0 Å². The summed E-state index contributed by atoms with van der Waals surface area (Å²) in [6.07, 6.45) is 0.970. The van der Waals surface area contributed by atoms with Crippen molar-refractivity contribution in [1.29, 1.82) is 0 Å². The number of hydrogen-bond acceptors (Lipinski definition) is 2. The van der Waals surface area contributed by atoms with Crippen LogP contribution in [-0.2, 0) is 0 Å². The number of Topliss-reactive ketones (excluding diaryl/α,β-unsaturated/α-hetero) is 1. The summed E-state index contributed by atoms with van der Waals surface area (Å²) in [5, 5.41) is 2.86. The first-order valence-electron chi connectivity index (χ1n) is 5.90. The molecule has 3 heteroatoms. The number of ketones is 1. The van der Waals surface area contributed by atoms with Crippen LogP contribution in [0.5, 0.6) is 0 Å². The molecule has 0 radical (unpaired) electrons. The lowest BCUT2D eigenvalue weighted by Crippen LogP contribution is -2.25. The van der Waals surface area contributed by atoms with E-state index in [-0.39, 0.29) is 11.7 Å². The molecule has 0 spiro atoms. The number of carbonyl (C=O) groups excluding carboxylic acids is 2. The van der Waals surface area contributed by atoms with Gasteiger partial charge in [-0.1, -0.05) is 26.0 Å². The molecule has 92 valence electrons. The third-order valence-electron chi connectivity index (χ3n) is 2.56. The molecule has 0 aliphatic carbocycles. The van der Waals surface area contributed by atoms with Gasteiger partial charge in [-0.25, -0.2) is 0 Å². The van der Waals surface area contributed by atoms with Crippen molar-refractivity contribution in [2.75, 3.05) is 6.54 Å². The van der Waals surface area contributed by atoms with E-state index in [2.05, 4.69) is 19.2 Å². The van der Waals surface area contributed by atoms with Gasteiger partial charge in [0.1, 0.15) is 0 Å². The SMILES string of the molecule is CC(=O)c1ccc(C(=O)NCCC(C)C)cc1. The predicted octanol–water partition coefficient (Wildman–Crippen LogP) is 2.67. The van der Waals surface area contributed by atoms with Gasteiger partial charge in [0.15, 0.2) is 5.78 Å². The Kier molecular flexibility index (Phi) is 4.88. The Morgan fingerprint density at radius 2 is 1.65 bits per heavy atom. The summed E-state index contributed by atoms with van der Waals surface area (Å²) in [5.41, 5.74) is 1.22. The van der Waals surface area contributed by atoms with E-state index in [0.717, 1.165) is 6.42 Å². The first-order chi connectivity index (χ1) is 8.00. The summed E-state index contributed by atoms with van der Waals surface area (Å²) >= 11 is 0. The summed E-state index contributed by atoms with van der Waals surface area (Å²) in [7, 11) is 0. The van der Waals surface area contributed by atoms with Crippen LogP contribution in [0, 0.1) is 5.92 Å². The van der Waals surface area contributed by atoms with Crippen molar-refractivity contribution in [3.05, 3.63) is 35.4 Å². The van der Waals surface area contributed by atoms with Crippen LogP contribution in [0.15, 0.2) is 24.3 Å². The molecule has 1 amide bonds. The summed E-state index contributed by atoms with van der Waals surface area (Å²) in [6, 6.07) is 6.72. The molecule has 0 fully saturated rings. The highest BCUT2D eigenvalue weighted by atomic mass is 16.1. The molecule has 1 aromatic carbocycles. The smallest absolute Gasteiger partial charge is 0.251 e. The number of carbonyl (C=O) groups is 2. The highest BCUT2D eigenvalue weighted by molar-refractivity contribution is 5.97. The van der Waals surface area contributed by atoms with Crippen LogP contribution in [-0.4, -0.2) is 18.2 Å². The van der Waals surface area contributed by atoms with Crippen LogP contribution in [0.2, 0.25) is 0 Å². The van der Waals surface area contributed by atoms with E-state index in [1.165, 1.54) is 6.92 Å². The molecule has 0 saturated carbocycles. The third-order valence-corrected chi connectivity index (χ3v) is 2.56. The van der Waals surface area contributed by atoms with Gasteiger partial charge in [0.05, 0.1) is 0 Å². The minimum Gasteiger partial charge on any atom is -0.352 e. The normalized spacial score (nSPS) is 10.4. The molecule has 0 aliphatic heterocycles. The van der Waals surface area contributed by atoms with E-state index in [9.17, 15) is 9.59 Å². The molecule has 1 N–H and O–H groups in total. The van der Waals surface area contributed by atoms with Crippen LogP contribution < -0.4 is 5.32 Å². The van der Waals surface area contributed by atoms with Crippen LogP contribution in [0.4, 0.5) is 0 Å². The van der Waals surface area contributed by atoms with E-state index in [1.54, 1.807) is 24.3 Å². The van der Waals surface area contributed by atoms with E-state index in [0.29, 0.717) is 23.6 Å². The average molecular weight is 233 g/mol. The maximum Gasteiger partial charge on any atom is 0.251 e. The van der Waals surface area contributed by atoms with Crippen LogP contribution in [0.25, 0.3) is 0 Å². The number of hydrogen-bond donors (Lipinski definition) is 1. The summed E-state index contributed by atoms with van der Waals surface area (Å²) in [4.78, 5) is 22.8. The molecule has 0 saturated heterocycles. The molecule has 0 unspecified atom stereocenters. The number of benzene rings is 1. The molecule has 3 nitrogen and oxygen atoms in total. The van der Waals surface area contributed by atoms with Crippen molar-refractivity contribution in [3.63, 3.8) is 0 Å². The highest BCUT2D eigenvalue weighted by Crippen LogP contribution is 2.05. The Bertz CT molecular complexity index is 393. The Morgan fingerprint density at radius 1 is 1.12 bits per heavy atom. The molecule has 0 aliphatic rings.